The van der Waals surface area contributed by atoms with Crippen molar-refractivity contribution in [2.24, 2.45) is 5.92 Å². The minimum atomic E-state index is -0.430. The fraction of sp³-hybridized carbons (Fsp3) is 0.385. The van der Waals surface area contributed by atoms with E-state index >= 15 is 0 Å². The number of nitrogens with zero attached hydrogens (tertiary/aromatic N) is 4. The molecule has 0 saturated carbocycles. The van der Waals surface area contributed by atoms with Crippen molar-refractivity contribution in [2.45, 2.75) is 26.3 Å². The number of nitro benzene ring substituents is 1. The van der Waals surface area contributed by atoms with Crippen molar-refractivity contribution in [1.82, 2.24) is 20.0 Å². The molecule has 1 saturated heterocycles. The second-order valence-electron chi connectivity index (χ2n) is 9.03. The summed E-state index contributed by atoms with van der Waals surface area (Å²) in [7, 11) is 0. The van der Waals surface area contributed by atoms with Crippen molar-refractivity contribution in [2.75, 3.05) is 32.8 Å². The Bertz CT molecular complexity index is 1140. The molecule has 9 nitrogen and oxygen atoms in total. The molecule has 35 heavy (non-hydrogen) atoms. The highest BCUT2D eigenvalue weighted by Gasteiger charge is 2.25. The molecule has 1 aromatic heterocycles. The zero-order chi connectivity index (χ0) is 24.8. The van der Waals surface area contributed by atoms with E-state index in [-0.39, 0.29) is 24.1 Å². The molecule has 1 aliphatic rings. The Morgan fingerprint density at radius 1 is 1.11 bits per heavy atom. The maximum atomic E-state index is 13.0. The van der Waals surface area contributed by atoms with Gasteiger partial charge in [-0.2, -0.15) is 5.10 Å². The molecule has 2 aromatic carbocycles. The summed E-state index contributed by atoms with van der Waals surface area (Å²) in [5, 5.41) is 18.9. The lowest BCUT2D eigenvalue weighted by Crippen LogP contribution is -2.51. The molecule has 3 aromatic rings. The maximum Gasteiger partial charge on any atom is 0.269 e. The zero-order valence-corrected chi connectivity index (χ0v) is 20.1. The number of benzene rings is 2. The molecule has 0 aliphatic carbocycles. The molecule has 1 amide bonds. The largest absolute Gasteiger partial charge is 0.379 e. The number of nitro groups is 1. The monoisotopic (exact) mass is 477 g/mol. The Hall–Kier alpha value is -3.56. The van der Waals surface area contributed by atoms with Gasteiger partial charge in [-0.05, 0) is 30.2 Å². The van der Waals surface area contributed by atoms with Crippen molar-refractivity contribution >= 4 is 11.6 Å². The third-order valence-corrected chi connectivity index (χ3v) is 6.31. The van der Waals surface area contributed by atoms with Crippen molar-refractivity contribution in [3.05, 3.63) is 76.5 Å². The highest BCUT2D eigenvalue weighted by atomic mass is 16.6. The number of para-hydroxylation sites is 1. The molecule has 1 atom stereocenters. The first-order chi connectivity index (χ1) is 16.9. The number of ether oxygens (including phenoxy) is 1. The van der Waals surface area contributed by atoms with Crippen LogP contribution in [-0.4, -0.2) is 64.4 Å². The Kier molecular flexibility index (Phi) is 7.89. The van der Waals surface area contributed by atoms with Crippen LogP contribution in [-0.2, 0) is 16.0 Å². The van der Waals surface area contributed by atoms with Gasteiger partial charge in [-0.25, -0.2) is 4.68 Å². The van der Waals surface area contributed by atoms with Gasteiger partial charge >= 0.3 is 0 Å². The van der Waals surface area contributed by atoms with Gasteiger partial charge in [0.1, 0.15) is 0 Å². The number of hydrogen-bond donors (Lipinski definition) is 1. The van der Waals surface area contributed by atoms with E-state index in [1.807, 2.05) is 36.5 Å². The second-order valence-corrected chi connectivity index (χ2v) is 9.03. The van der Waals surface area contributed by atoms with E-state index in [2.05, 4.69) is 24.1 Å². The Morgan fingerprint density at radius 3 is 2.43 bits per heavy atom. The first kappa shape index (κ1) is 24.6. The van der Waals surface area contributed by atoms with Crippen LogP contribution >= 0.6 is 0 Å². The Labute approximate surface area is 204 Å². The molecular weight excluding hydrogens is 446 g/mol. The molecule has 1 aliphatic heterocycles. The molecule has 0 spiro atoms. The lowest BCUT2D eigenvalue weighted by atomic mass is 10.0. The average molecular weight is 478 g/mol. The SMILES string of the molecule is CC(C)C(CNC(=O)Cc1cn(-c2ccccc2)nc1-c1ccc([N+](=O)[O-])cc1)N1CCOCC1. The molecule has 2 heterocycles. The predicted molar refractivity (Wildman–Crippen MR) is 133 cm³/mol. The minimum absolute atomic E-state index is 0.0124. The highest BCUT2D eigenvalue weighted by Crippen LogP contribution is 2.26. The normalized spacial score (nSPS) is 15.2. The van der Waals surface area contributed by atoms with Crippen molar-refractivity contribution < 1.29 is 14.5 Å². The van der Waals surface area contributed by atoms with E-state index in [1.165, 1.54) is 12.1 Å². The summed E-state index contributed by atoms with van der Waals surface area (Å²) in [5.41, 5.74) is 2.99. The number of morpholine rings is 1. The lowest BCUT2D eigenvalue weighted by Gasteiger charge is -2.36. The van der Waals surface area contributed by atoms with Crippen LogP contribution in [0.15, 0.2) is 60.8 Å². The number of non-ortho nitro benzene ring substituents is 1. The van der Waals surface area contributed by atoms with Crippen LogP contribution < -0.4 is 5.32 Å². The lowest BCUT2D eigenvalue weighted by molar-refractivity contribution is -0.384. The molecule has 9 heteroatoms. The fourth-order valence-electron chi connectivity index (χ4n) is 4.39. The van der Waals surface area contributed by atoms with Crippen LogP contribution in [0.2, 0.25) is 0 Å². The number of nitrogens with one attached hydrogen (secondary N) is 1. The quantitative estimate of drug-likeness (QED) is 0.374. The summed E-state index contributed by atoms with van der Waals surface area (Å²) in [6.45, 7) is 8.07. The van der Waals surface area contributed by atoms with Gasteiger partial charge < -0.3 is 10.1 Å². The molecule has 0 bridgehead atoms. The fourth-order valence-corrected chi connectivity index (χ4v) is 4.39. The maximum absolute atomic E-state index is 13.0. The summed E-state index contributed by atoms with van der Waals surface area (Å²) >= 11 is 0. The van der Waals surface area contributed by atoms with Gasteiger partial charge in [0.25, 0.3) is 5.69 Å². The van der Waals surface area contributed by atoms with E-state index in [0.29, 0.717) is 31.4 Å². The molecule has 0 radical (unpaired) electrons. The third kappa shape index (κ3) is 6.12. The molecule has 1 fully saturated rings. The van der Waals surface area contributed by atoms with Gasteiger partial charge in [0, 0.05) is 55.1 Å². The number of carbonyl (C=O) groups excluding carboxylic acids is 1. The van der Waals surface area contributed by atoms with Gasteiger partial charge in [-0.1, -0.05) is 32.0 Å². The van der Waals surface area contributed by atoms with Crippen LogP contribution in [0.4, 0.5) is 5.69 Å². The van der Waals surface area contributed by atoms with Gasteiger partial charge in [0.05, 0.1) is 35.9 Å². The third-order valence-electron chi connectivity index (χ3n) is 6.31. The molecule has 4 rings (SSSR count). The standard InChI is InChI=1S/C26H31N5O4/c1-19(2)24(29-12-14-35-15-13-29)17-27-25(32)16-21-18-30(22-6-4-3-5-7-22)28-26(21)20-8-10-23(11-9-20)31(33)34/h3-11,18-19,24H,12-17H2,1-2H3,(H,27,32). The molecule has 1 unspecified atom stereocenters. The van der Waals surface area contributed by atoms with E-state index in [4.69, 9.17) is 9.84 Å². The smallest absolute Gasteiger partial charge is 0.269 e. The average Bonchev–Trinajstić information content (AvgIpc) is 3.29. The highest BCUT2D eigenvalue weighted by molar-refractivity contribution is 5.81. The van der Waals surface area contributed by atoms with Crippen molar-refractivity contribution in [1.29, 1.82) is 0 Å². The van der Waals surface area contributed by atoms with Crippen molar-refractivity contribution in [3.8, 4) is 16.9 Å². The van der Waals surface area contributed by atoms with Crippen LogP contribution in [0, 0.1) is 16.0 Å². The van der Waals surface area contributed by atoms with Gasteiger partial charge in [0.2, 0.25) is 5.91 Å². The topological polar surface area (TPSA) is 103 Å². The van der Waals surface area contributed by atoms with E-state index in [1.54, 1.807) is 16.8 Å². The summed E-state index contributed by atoms with van der Waals surface area (Å²) in [5.74, 6) is 0.310. The van der Waals surface area contributed by atoms with Crippen LogP contribution in [0.3, 0.4) is 0 Å². The molecule has 184 valence electrons. The first-order valence-corrected chi connectivity index (χ1v) is 11.9. The predicted octanol–water partition coefficient (Wildman–Crippen LogP) is 3.46. The number of amides is 1. The summed E-state index contributed by atoms with van der Waals surface area (Å²) in [4.78, 5) is 26.0. The molecular formula is C26H31N5O4. The zero-order valence-electron chi connectivity index (χ0n) is 20.1. The van der Waals surface area contributed by atoms with Crippen LogP contribution in [0.25, 0.3) is 16.9 Å². The number of hydrogen-bond acceptors (Lipinski definition) is 6. The van der Waals surface area contributed by atoms with Gasteiger partial charge in [-0.15, -0.1) is 0 Å². The van der Waals surface area contributed by atoms with Crippen LogP contribution in [0.5, 0.6) is 0 Å². The summed E-state index contributed by atoms with van der Waals surface area (Å²) < 4.78 is 7.21. The summed E-state index contributed by atoms with van der Waals surface area (Å²) in [6, 6.07) is 16.1. The number of aromatic nitrogens is 2. The Balaban J connectivity index is 1.53. The van der Waals surface area contributed by atoms with E-state index < -0.39 is 4.92 Å². The Morgan fingerprint density at radius 2 is 1.80 bits per heavy atom. The molecule has 1 N–H and O–H groups in total. The van der Waals surface area contributed by atoms with Crippen molar-refractivity contribution in [3.63, 3.8) is 0 Å². The second kappa shape index (κ2) is 11.2. The van der Waals surface area contributed by atoms with E-state index in [9.17, 15) is 14.9 Å². The first-order valence-electron chi connectivity index (χ1n) is 11.9. The minimum Gasteiger partial charge on any atom is -0.379 e. The van der Waals surface area contributed by atoms with Crippen LogP contribution in [0.1, 0.15) is 19.4 Å². The summed E-state index contributed by atoms with van der Waals surface area (Å²) in [6.07, 6.45) is 2.01. The van der Waals surface area contributed by atoms with Gasteiger partial charge in [0.15, 0.2) is 0 Å². The van der Waals surface area contributed by atoms with E-state index in [0.717, 1.165) is 29.9 Å². The van der Waals surface area contributed by atoms with Gasteiger partial charge in [-0.3, -0.25) is 19.8 Å². The number of carbonyl (C=O) groups is 1. The number of rotatable bonds is 9.